The number of ether oxygens (including phenoxy) is 1. The molecule has 0 aliphatic heterocycles. The van der Waals surface area contributed by atoms with Crippen LogP contribution < -0.4 is 5.32 Å². The van der Waals surface area contributed by atoms with E-state index in [1.807, 2.05) is 20.8 Å². The molecule has 0 saturated carbocycles. The SMILES string of the molecule is CCCCC(=O)Nc1nc2ccc(C(=O)OC(C)C)cc2s1. The minimum absolute atomic E-state index is 0.0275. The molecule has 1 amide bonds. The van der Waals surface area contributed by atoms with Gasteiger partial charge in [-0.3, -0.25) is 4.79 Å². The molecule has 1 aromatic carbocycles. The van der Waals surface area contributed by atoms with Gasteiger partial charge in [0.15, 0.2) is 5.13 Å². The summed E-state index contributed by atoms with van der Waals surface area (Å²) in [5.74, 6) is -0.376. The first-order valence-electron chi connectivity index (χ1n) is 7.41. The molecule has 118 valence electrons. The lowest BCUT2D eigenvalue weighted by Crippen LogP contribution is -2.11. The molecule has 0 saturated heterocycles. The van der Waals surface area contributed by atoms with Gasteiger partial charge >= 0.3 is 5.97 Å². The number of thiazole rings is 1. The number of benzene rings is 1. The second kappa shape index (κ2) is 7.35. The number of amides is 1. The van der Waals surface area contributed by atoms with E-state index in [0.717, 1.165) is 23.1 Å². The maximum atomic E-state index is 11.9. The first-order chi connectivity index (χ1) is 10.5. The van der Waals surface area contributed by atoms with Crippen molar-refractivity contribution in [2.24, 2.45) is 0 Å². The summed E-state index contributed by atoms with van der Waals surface area (Å²) in [6.07, 6.45) is 2.19. The van der Waals surface area contributed by atoms with Crippen molar-refractivity contribution in [3.05, 3.63) is 23.8 Å². The summed E-state index contributed by atoms with van der Waals surface area (Å²) in [5.41, 5.74) is 1.26. The number of anilines is 1. The molecule has 1 aromatic heterocycles. The van der Waals surface area contributed by atoms with Crippen molar-refractivity contribution >= 4 is 38.6 Å². The van der Waals surface area contributed by atoms with E-state index in [2.05, 4.69) is 10.3 Å². The minimum atomic E-state index is -0.348. The zero-order valence-corrected chi connectivity index (χ0v) is 13.8. The number of rotatable bonds is 6. The average molecular weight is 320 g/mol. The molecule has 5 nitrogen and oxygen atoms in total. The molecule has 0 fully saturated rings. The van der Waals surface area contributed by atoms with Crippen molar-refractivity contribution in [1.29, 1.82) is 0 Å². The lowest BCUT2D eigenvalue weighted by atomic mass is 10.2. The summed E-state index contributed by atoms with van der Waals surface area (Å²) in [5, 5.41) is 3.36. The van der Waals surface area contributed by atoms with Crippen LogP contribution in [0.1, 0.15) is 50.4 Å². The third-order valence-corrected chi connectivity index (χ3v) is 3.90. The Balaban J connectivity index is 2.13. The van der Waals surface area contributed by atoms with Crippen molar-refractivity contribution in [2.45, 2.75) is 46.1 Å². The average Bonchev–Trinajstić information content (AvgIpc) is 2.85. The van der Waals surface area contributed by atoms with Crippen LogP contribution in [0.4, 0.5) is 5.13 Å². The molecule has 6 heteroatoms. The largest absolute Gasteiger partial charge is 0.459 e. The number of aromatic nitrogens is 1. The molecule has 0 aliphatic carbocycles. The molecule has 0 atom stereocenters. The molecule has 0 unspecified atom stereocenters. The third-order valence-electron chi connectivity index (χ3n) is 2.97. The van der Waals surface area contributed by atoms with Crippen molar-refractivity contribution in [2.75, 3.05) is 5.32 Å². The fourth-order valence-corrected chi connectivity index (χ4v) is 2.83. The van der Waals surface area contributed by atoms with Crippen LogP contribution in [0, 0.1) is 0 Å². The Morgan fingerprint density at radius 2 is 2.14 bits per heavy atom. The molecule has 0 aliphatic rings. The smallest absolute Gasteiger partial charge is 0.338 e. The Morgan fingerprint density at radius 1 is 1.36 bits per heavy atom. The molecule has 0 radical (unpaired) electrons. The molecule has 1 N–H and O–H groups in total. The van der Waals surface area contributed by atoms with Gasteiger partial charge in [-0.25, -0.2) is 9.78 Å². The zero-order valence-electron chi connectivity index (χ0n) is 13.0. The molecule has 0 spiro atoms. The third kappa shape index (κ3) is 4.27. The van der Waals surface area contributed by atoms with Gasteiger partial charge in [-0.05, 0) is 38.5 Å². The van der Waals surface area contributed by atoms with Crippen LogP contribution in [0.15, 0.2) is 18.2 Å². The highest BCUT2D eigenvalue weighted by Gasteiger charge is 2.13. The Labute approximate surface area is 133 Å². The number of hydrogen-bond donors (Lipinski definition) is 1. The number of nitrogens with zero attached hydrogens (tertiary/aromatic N) is 1. The highest BCUT2D eigenvalue weighted by Crippen LogP contribution is 2.27. The van der Waals surface area contributed by atoms with E-state index >= 15 is 0 Å². The minimum Gasteiger partial charge on any atom is -0.459 e. The summed E-state index contributed by atoms with van der Waals surface area (Å²) in [7, 11) is 0. The van der Waals surface area contributed by atoms with Crippen molar-refractivity contribution < 1.29 is 14.3 Å². The van der Waals surface area contributed by atoms with Crippen molar-refractivity contribution in [3.63, 3.8) is 0 Å². The topological polar surface area (TPSA) is 68.3 Å². The van der Waals surface area contributed by atoms with Crippen LogP contribution in [-0.2, 0) is 9.53 Å². The summed E-state index contributed by atoms with van der Waals surface area (Å²) in [6.45, 7) is 5.67. The van der Waals surface area contributed by atoms with E-state index in [4.69, 9.17) is 4.74 Å². The highest BCUT2D eigenvalue weighted by molar-refractivity contribution is 7.22. The van der Waals surface area contributed by atoms with Crippen LogP contribution in [0.3, 0.4) is 0 Å². The molecule has 1 heterocycles. The molecular weight excluding hydrogens is 300 g/mol. The second-order valence-electron chi connectivity index (χ2n) is 5.31. The Bertz CT molecular complexity index is 679. The molecule has 22 heavy (non-hydrogen) atoms. The van der Waals surface area contributed by atoms with E-state index in [1.165, 1.54) is 11.3 Å². The van der Waals surface area contributed by atoms with Crippen LogP contribution in [0.25, 0.3) is 10.2 Å². The molecule has 2 aromatic rings. The van der Waals surface area contributed by atoms with Gasteiger partial charge in [0.25, 0.3) is 0 Å². The normalized spacial score (nSPS) is 10.9. The van der Waals surface area contributed by atoms with Gasteiger partial charge in [0.2, 0.25) is 5.91 Å². The monoisotopic (exact) mass is 320 g/mol. The van der Waals surface area contributed by atoms with Gasteiger partial charge in [0.05, 0.1) is 21.9 Å². The van der Waals surface area contributed by atoms with Crippen molar-refractivity contribution in [3.8, 4) is 0 Å². The maximum Gasteiger partial charge on any atom is 0.338 e. The van der Waals surface area contributed by atoms with Crippen LogP contribution >= 0.6 is 11.3 Å². The number of hydrogen-bond acceptors (Lipinski definition) is 5. The van der Waals surface area contributed by atoms with Gasteiger partial charge in [0.1, 0.15) is 0 Å². The summed E-state index contributed by atoms with van der Waals surface area (Å²) in [6, 6.07) is 5.21. The zero-order chi connectivity index (χ0) is 16.1. The molecular formula is C16H20N2O3S. The van der Waals surface area contributed by atoms with E-state index < -0.39 is 0 Å². The Hall–Kier alpha value is -1.95. The number of nitrogens with one attached hydrogen (secondary N) is 1. The fraction of sp³-hybridized carbons (Fsp3) is 0.438. The Kier molecular flexibility index (Phi) is 5.49. The number of esters is 1. The highest BCUT2D eigenvalue weighted by atomic mass is 32.1. The van der Waals surface area contributed by atoms with Crippen LogP contribution in [0.2, 0.25) is 0 Å². The van der Waals surface area contributed by atoms with Gasteiger partial charge < -0.3 is 10.1 Å². The van der Waals surface area contributed by atoms with E-state index in [-0.39, 0.29) is 18.0 Å². The van der Waals surface area contributed by atoms with Gasteiger partial charge in [-0.2, -0.15) is 0 Å². The quantitative estimate of drug-likeness (QED) is 0.817. The van der Waals surface area contributed by atoms with E-state index in [9.17, 15) is 9.59 Å². The van der Waals surface area contributed by atoms with Crippen LogP contribution in [0.5, 0.6) is 0 Å². The van der Waals surface area contributed by atoms with Crippen molar-refractivity contribution in [1.82, 2.24) is 4.98 Å². The predicted octanol–water partition coefficient (Wildman–Crippen LogP) is 3.99. The summed E-state index contributed by atoms with van der Waals surface area (Å²) in [4.78, 5) is 28.0. The summed E-state index contributed by atoms with van der Waals surface area (Å²) < 4.78 is 6.03. The number of carbonyl (C=O) groups excluding carboxylic acids is 2. The van der Waals surface area contributed by atoms with E-state index in [0.29, 0.717) is 17.1 Å². The fourth-order valence-electron chi connectivity index (χ4n) is 1.91. The first kappa shape index (κ1) is 16.4. The standard InChI is InChI=1S/C16H20N2O3S/c1-4-5-6-14(19)18-16-17-12-8-7-11(9-13(12)22-16)15(20)21-10(2)3/h7-10H,4-6H2,1-3H3,(H,17,18,19). The molecule has 2 rings (SSSR count). The number of unbranched alkanes of at least 4 members (excludes halogenated alkanes) is 1. The molecule has 0 bridgehead atoms. The first-order valence-corrected chi connectivity index (χ1v) is 8.22. The Morgan fingerprint density at radius 3 is 2.82 bits per heavy atom. The maximum absolute atomic E-state index is 11.9. The van der Waals surface area contributed by atoms with E-state index in [1.54, 1.807) is 18.2 Å². The van der Waals surface area contributed by atoms with Gasteiger partial charge in [-0.15, -0.1) is 0 Å². The van der Waals surface area contributed by atoms with Crippen LogP contribution in [-0.4, -0.2) is 23.0 Å². The predicted molar refractivity (Wildman–Crippen MR) is 88.3 cm³/mol. The second-order valence-corrected chi connectivity index (χ2v) is 6.34. The number of fused-ring (bicyclic) bond motifs is 1. The van der Waals surface area contributed by atoms with Gasteiger partial charge in [-0.1, -0.05) is 24.7 Å². The summed E-state index contributed by atoms with van der Waals surface area (Å²) >= 11 is 1.36. The number of carbonyl (C=O) groups is 2. The lowest BCUT2D eigenvalue weighted by Gasteiger charge is -2.07. The van der Waals surface area contributed by atoms with Gasteiger partial charge in [0, 0.05) is 6.42 Å². The lowest BCUT2D eigenvalue weighted by molar-refractivity contribution is -0.116.